The van der Waals surface area contributed by atoms with Gasteiger partial charge >= 0.3 is 5.97 Å². The van der Waals surface area contributed by atoms with Crippen molar-refractivity contribution in [2.45, 2.75) is 32.5 Å². The second-order valence-electron chi connectivity index (χ2n) is 6.42. The molecule has 2 N–H and O–H groups in total. The van der Waals surface area contributed by atoms with Gasteiger partial charge in [0, 0.05) is 25.6 Å². The average molecular weight is 322 g/mol. The van der Waals surface area contributed by atoms with Crippen molar-refractivity contribution < 1.29 is 19.1 Å². The second kappa shape index (κ2) is 7.08. The Morgan fingerprint density at radius 2 is 2.30 bits per heavy atom. The monoisotopic (exact) mass is 322 g/mol. The molecule has 2 unspecified atom stereocenters. The maximum Gasteiger partial charge on any atom is 0.335 e. The molecule has 1 aliphatic heterocycles. The van der Waals surface area contributed by atoms with Crippen molar-refractivity contribution in [3.63, 3.8) is 0 Å². The summed E-state index contributed by atoms with van der Waals surface area (Å²) in [4.78, 5) is 23.9. The van der Waals surface area contributed by atoms with E-state index in [1.54, 1.807) is 30.9 Å². The van der Waals surface area contributed by atoms with E-state index in [1.807, 2.05) is 0 Å². The Morgan fingerprint density at radius 3 is 2.87 bits per heavy atom. The van der Waals surface area contributed by atoms with Crippen LogP contribution in [-0.2, 0) is 11.3 Å². The van der Waals surface area contributed by atoms with Gasteiger partial charge in [-0.1, -0.05) is 12.1 Å². The predicted molar refractivity (Wildman–Crippen MR) is 85.1 cm³/mol. The van der Waals surface area contributed by atoms with Gasteiger partial charge in [-0.2, -0.15) is 0 Å². The number of alkyl halides is 1. The lowest BCUT2D eigenvalue weighted by Crippen LogP contribution is -2.50. The molecule has 2 rings (SSSR count). The van der Waals surface area contributed by atoms with E-state index in [1.165, 1.54) is 6.07 Å². The van der Waals surface area contributed by atoms with Gasteiger partial charge < -0.3 is 15.3 Å². The fourth-order valence-electron chi connectivity index (χ4n) is 3.01. The smallest absolute Gasteiger partial charge is 0.335 e. The van der Waals surface area contributed by atoms with E-state index >= 15 is 0 Å². The molecule has 1 heterocycles. The summed E-state index contributed by atoms with van der Waals surface area (Å²) in [5.41, 5.74) is 0.453. The SMILES string of the molecule is Cc1cc(CN(C=O)CC2CNCCC2(C)F)ccc1C(=O)O. The van der Waals surface area contributed by atoms with Crippen LogP contribution in [0.2, 0.25) is 0 Å². The molecule has 5 nitrogen and oxygen atoms in total. The van der Waals surface area contributed by atoms with Gasteiger partial charge in [0.1, 0.15) is 5.67 Å². The van der Waals surface area contributed by atoms with Crippen LogP contribution in [-0.4, -0.2) is 47.7 Å². The first-order valence-corrected chi connectivity index (χ1v) is 7.75. The molecule has 0 saturated carbocycles. The molecule has 23 heavy (non-hydrogen) atoms. The van der Waals surface area contributed by atoms with Crippen LogP contribution in [0.4, 0.5) is 4.39 Å². The number of rotatable bonds is 6. The fraction of sp³-hybridized carbons (Fsp3) is 0.529. The van der Waals surface area contributed by atoms with E-state index in [4.69, 9.17) is 5.11 Å². The molecule has 1 aromatic rings. The molecule has 0 spiro atoms. The molecule has 1 fully saturated rings. The second-order valence-corrected chi connectivity index (χ2v) is 6.42. The highest BCUT2D eigenvalue weighted by atomic mass is 19.1. The minimum atomic E-state index is -1.28. The summed E-state index contributed by atoms with van der Waals surface area (Å²) in [7, 11) is 0. The van der Waals surface area contributed by atoms with Crippen LogP contribution in [0.25, 0.3) is 0 Å². The molecule has 0 aromatic heterocycles. The molecule has 0 aliphatic carbocycles. The predicted octanol–water partition coefficient (Wildman–Crippen LogP) is 1.99. The molecule has 0 radical (unpaired) electrons. The molecule has 1 amide bonds. The van der Waals surface area contributed by atoms with E-state index in [0.29, 0.717) is 38.2 Å². The Morgan fingerprint density at radius 1 is 1.57 bits per heavy atom. The molecular formula is C17H23FN2O3. The number of amides is 1. The first-order valence-electron chi connectivity index (χ1n) is 7.75. The van der Waals surface area contributed by atoms with E-state index in [-0.39, 0.29) is 11.5 Å². The van der Waals surface area contributed by atoms with Crippen LogP contribution < -0.4 is 5.32 Å². The summed E-state index contributed by atoms with van der Waals surface area (Å²) in [6.45, 7) is 5.20. The Kier molecular flexibility index (Phi) is 5.36. The lowest BCUT2D eigenvalue weighted by Gasteiger charge is -2.37. The lowest BCUT2D eigenvalue weighted by atomic mass is 9.84. The zero-order chi connectivity index (χ0) is 17.0. The number of benzene rings is 1. The molecular weight excluding hydrogens is 299 g/mol. The highest BCUT2D eigenvalue weighted by Crippen LogP contribution is 2.29. The van der Waals surface area contributed by atoms with Crippen LogP contribution in [0.5, 0.6) is 0 Å². The van der Waals surface area contributed by atoms with Gasteiger partial charge in [0.2, 0.25) is 6.41 Å². The number of aromatic carboxylic acids is 1. The number of carbonyl (C=O) groups is 2. The summed E-state index contributed by atoms with van der Waals surface area (Å²) in [6.07, 6.45) is 1.17. The van der Waals surface area contributed by atoms with E-state index < -0.39 is 11.6 Å². The van der Waals surface area contributed by atoms with Crippen molar-refractivity contribution in [2.75, 3.05) is 19.6 Å². The molecule has 6 heteroatoms. The molecule has 1 aromatic carbocycles. The highest BCUT2D eigenvalue weighted by molar-refractivity contribution is 5.89. The third-order valence-corrected chi connectivity index (χ3v) is 4.54. The number of carboxylic acids is 1. The zero-order valence-corrected chi connectivity index (χ0v) is 13.5. The van der Waals surface area contributed by atoms with Crippen molar-refractivity contribution in [2.24, 2.45) is 5.92 Å². The van der Waals surface area contributed by atoms with Crippen molar-refractivity contribution in [3.05, 3.63) is 34.9 Å². The fourth-order valence-corrected chi connectivity index (χ4v) is 3.01. The largest absolute Gasteiger partial charge is 0.478 e. The summed E-state index contributed by atoms with van der Waals surface area (Å²) in [5.74, 6) is -1.22. The number of carboxylic acid groups (broad SMARTS) is 1. The van der Waals surface area contributed by atoms with Gasteiger partial charge in [-0.25, -0.2) is 9.18 Å². The quantitative estimate of drug-likeness (QED) is 0.786. The number of nitrogens with zero attached hydrogens (tertiary/aromatic N) is 1. The molecule has 126 valence electrons. The molecule has 0 bridgehead atoms. The minimum Gasteiger partial charge on any atom is -0.478 e. The number of piperidine rings is 1. The van der Waals surface area contributed by atoms with E-state index in [0.717, 1.165) is 12.0 Å². The average Bonchev–Trinajstić information content (AvgIpc) is 2.48. The van der Waals surface area contributed by atoms with E-state index in [9.17, 15) is 14.0 Å². The molecule has 1 aliphatic rings. The Labute approximate surface area is 135 Å². The van der Waals surface area contributed by atoms with Gasteiger partial charge in [-0.05, 0) is 44.0 Å². The van der Waals surface area contributed by atoms with Crippen LogP contribution in [0.3, 0.4) is 0 Å². The summed E-state index contributed by atoms with van der Waals surface area (Å²) >= 11 is 0. The van der Waals surface area contributed by atoms with Gasteiger partial charge in [0.05, 0.1) is 5.56 Å². The van der Waals surface area contributed by atoms with Crippen molar-refractivity contribution in [3.8, 4) is 0 Å². The third-order valence-electron chi connectivity index (χ3n) is 4.54. The zero-order valence-electron chi connectivity index (χ0n) is 13.5. The van der Waals surface area contributed by atoms with Crippen molar-refractivity contribution >= 4 is 12.4 Å². The third kappa shape index (κ3) is 4.28. The van der Waals surface area contributed by atoms with Gasteiger partial charge in [0.25, 0.3) is 0 Å². The highest BCUT2D eigenvalue weighted by Gasteiger charge is 2.37. The van der Waals surface area contributed by atoms with Crippen LogP contribution >= 0.6 is 0 Å². The maximum atomic E-state index is 14.5. The topological polar surface area (TPSA) is 69.6 Å². The number of carbonyl (C=O) groups excluding carboxylic acids is 1. The van der Waals surface area contributed by atoms with Crippen LogP contribution in [0.15, 0.2) is 18.2 Å². The van der Waals surface area contributed by atoms with E-state index in [2.05, 4.69) is 5.32 Å². The van der Waals surface area contributed by atoms with Gasteiger partial charge in [-0.15, -0.1) is 0 Å². The van der Waals surface area contributed by atoms with Crippen molar-refractivity contribution in [1.29, 1.82) is 0 Å². The number of nitrogens with one attached hydrogen (secondary N) is 1. The number of aryl methyl sites for hydroxylation is 1. The van der Waals surface area contributed by atoms with Crippen LogP contribution in [0, 0.1) is 12.8 Å². The Hall–Kier alpha value is -1.95. The normalized spacial score (nSPS) is 24.2. The number of hydrogen-bond acceptors (Lipinski definition) is 3. The molecule has 2 atom stereocenters. The maximum absolute atomic E-state index is 14.5. The number of halogens is 1. The lowest BCUT2D eigenvalue weighted by molar-refractivity contribution is -0.120. The van der Waals surface area contributed by atoms with Crippen molar-refractivity contribution in [1.82, 2.24) is 10.2 Å². The first kappa shape index (κ1) is 17.4. The first-order chi connectivity index (χ1) is 10.8. The van der Waals surface area contributed by atoms with Gasteiger partial charge in [0.15, 0.2) is 0 Å². The molecule has 1 saturated heterocycles. The summed E-state index contributed by atoms with van der Waals surface area (Å²) < 4.78 is 14.5. The minimum absolute atomic E-state index is 0.249. The standard InChI is InChI=1S/C17H23FN2O3/c1-12-7-13(3-4-15(12)16(22)23)9-20(11-21)10-14-8-19-6-5-17(14,2)18/h3-4,7,11,14,19H,5-6,8-10H2,1-2H3,(H,22,23). The number of hydrogen-bond donors (Lipinski definition) is 2. The van der Waals surface area contributed by atoms with Crippen LogP contribution in [0.1, 0.15) is 34.8 Å². The van der Waals surface area contributed by atoms with Gasteiger partial charge in [-0.3, -0.25) is 4.79 Å². The summed E-state index contributed by atoms with van der Waals surface area (Å²) in [6, 6.07) is 4.99. The Bertz CT molecular complexity index is 589. The summed E-state index contributed by atoms with van der Waals surface area (Å²) in [5, 5.41) is 12.2. The Balaban J connectivity index is 2.06.